The lowest BCUT2D eigenvalue weighted by molar-refractivity contribution is -0.140. The molecule has 7 nitrogen and oxygen atoms in total. The molecule has 0 aromatic carbocycles. The average Bonchev–Trinajstić information content (AvgIpc) is 3.48. The highest BCUT2D eigenvalue weighted by Gasteiger charge is 2.33. The van der Waals surface area contributed by atoms with Crippen LogP contribution in [0, 0.1) is 0 Å². The van der Waals surface area contributed by atoms with Crippen molar-refractivity contribution in [3.8, 4) is 11.1 Å². The first-order valence-corrected chi connectivity index (χ1v) is 11.2. The fraction of sp³-hybridized carbons (Fsp3) is 0.273. The van der Waals surface area contributed by atoms with E-state index < -0.39 is 11.9 Å². The van der Waals surface area contributed by atoms with Gasteiger partial charge in [0.2, 0.25) is 5.76 Å². The third-order valence-corrected chi connectivity index (χ3v) is 6.24. The van der Waals surface area contributed by atoms with Gasteiger partial charge in [-0.1, -0.05) is 5.16 Å². The van der Waals surface area contributed by atoms with Crippen LogP contribution in [0.5, 0.6) is 0 Å². The van der Waals surface area contributed by atoms with Crippen molar-refractivity contribution in [1.29, 1.82) is 0 Å². The van der Waals surface area contributed by atoms with Crippen LogP contribution in [-0.2, 0) is 6.18 Å². The first kappa shape index (κ1) is 21.4. The highest BCUT2D eigenvalue weighted by atomic mass is 32.1. The highest BCUT2D eigenvalue weighted by Crippen LogP contribution is 2.36. The Morgan fingerprint density at radius 2 is 1.97 bits per heavy atom. The van der Waals surface area contributed by atoms with Crippen molar-refractivity contribution in [1.82, 2.24) is 20.0 Å². The maximum absolute atomic E-state index is 13.4. The number of halogens is 3. The van der Waals surface area contributed by atoms with Crippen LogP contribution in [0.15, 0.2) is 51.9 Å². The van der Waals surface area contributed by atoms with Crippen molar-refractivity contribution in [2.45, 2.75) is 12.6 Å². The van der Waals surface area contributed by atoms with Gasteiger partial charge in [-0.05, 0) is 40.9 Å². The monoisotopic (exact) mass is 473 g/mol. The molecule has 0 spiro atoms. The predicted molar refractivity (Wildman–Crippen MR) is 117 cm³/mol. The molecule has 0 radical (unpaired) electrons. The van der Waals surface area contributed by atoms with Crippen LogP contribution < -0.4 is 4.90 Å². The number of carbonyl (C=O) groups excluding carboxylic acids is 1. The Morgan fingerprint density at radius 1 is 1.09 bits per heavy atom. The zero-order chi connectivity index (χ0) is 23.0. The summed E-state index contributed by atoms with van der Waals surface area (Å²) >= 11 is 1.45. The normalized spacial score (nSPS) is 15.1. The lowest BCUT2D eigenvalue weighted by atomic mass is 10.1. The number of alkyl halides is 3. The zero-order valence-corrected chi connectivity index (χ0v) is 18.1. The van der Waals surface area contributed by atoms with Crippen molar-refractivity contribution >= 4 is 34.0 Å². The van der Waals surface area contributed by atoms with Crippen LogP contribution >= 0.6 is 11.3 Å². The standard InChI is InChI=1S/C22H18F3N5O2S/c23-22(24,25)18-3-2-15-19(28-18)16(14-5-11-33-13-14)12-26-20(15)29-7-1-8-30(10-9-29)21(31)17-4-6-27-32-17/h2-6,11-13H,1,7-10H2. The zero-order valence-electron chi connectivity index (χ0n) is 17.2. The third kappa shape index (κ3) is 4.15. The molecule has 1 saturated heterocycles. The minimum absolute atomic E-state index is 0.177. The number of rotatable bonds is 3. The van der Waals surface area contributed by atoms with Gasteiger partial charge >= 0.3 is 6.18 Å². The minimum Gasteiger partial charge on any atom is -0.354 e. The molecule has 1 aliphatic heterocycles. The molecular formula is C22H18F3N5O2S. The second-order valence-electron chi connectivity index (χ2n) is 7.61. The van der Waals surface area contributed by atoms with E-state index in [1.807, 2.05) is 21.7 Å². The highest BCUT2D eigenvalue weighted by molar-refractivity contribution is 7.08. The lowest BCUT2D eigenvalue weighted by Crippen LogP contribution is -2.35. The van der Waals surface area contributed by atoms with Crippen molar-refractivity contribution in [3.63, 3.8) is 0 Å². The van der Waals surface area contributed by atoms with E-state index in [-0.39, 0.29) is 17.2 Å². The van der Waals surface area contributed by atoms with E-state index in [1.165, 1.54) is 29.7 Å². The number of hydrogen-bond donors (Lipinski definition) is 0. The lowest BCUT2D eigenvalue weighted by Gasteiger charge is -2.24. The van der Waals surface area contributed by atoms with Gasteiger partial charge in [0.05, 0.1) is 11.7 Å². The summed E-state index contributed by atoms with van der Waals surface area (Å²) in [5, 5.41) is 7.84. The summed E-state index contributed by atoms with van der Waals surface area (Å²) in [6, 6.07) is 5.78. The molecule has 0 aliphatic carbocycles. The molecule has 33 heavy (non-hydrogen) atoms. The van der Waals surface area contributed by atoms with Crippen molar-refractivity contribution in [2.24, 2.45) is 0 Å². The molecule has 0 atom stereocenters. The molecule has 1 fully saturated rings. The van der Waals surface area contributed by atoms with Gasteiger partial charge in [0, 0.05) is 49.4 Å². The molecule has 5 heterocycles. The van der Waals surface area contributed by atoms with Crippen LogP contribution in [0.25, 0.3) is 22.0 Å². The summed E-state index contributed by atoms with van der Waals surface area (Å²) in [5.74, 6) is 0.492. The third-order valence-electron chi connectivity index (χ3n) is 5.56. The molecule has 4 aromatic rings. The Labute approximate surface area is 190 Å². The number of hydrogen-bond acceptors (Lipinski definition) is 7. The van der Waals surface area contributed by atoms with Crippen LogP contribution in [0.1, 0.15) is 22.7 Å². The molecule has 0 N–H and O–H groups in total. The van der Waals surface area contributed by atoms with Crippen molar-refractivity contribution in [3.05, 3.63) is 58.9 Å². The number of aromatic nitrogens is 3. The molecule has 4 aromatic heterocycles. The van der Waals surface area contributed by atoms with Crippen LogP contribution in [0.3, 0.4) is 0 Å². The summed E-state index contributed by atoms with van der Waals surface area (Å²) < 4.78 is 45.2. The second kappa shape index (κ2) is 8.47. The van der Waals surface area contributed by atoms with Gasteiger partial charge in [-0.25, -0.2) is 9.97 Å². The predicted octanol–water partition coefficient (Wildman–Crippen LogP) is 4.72. The van der Waals surface area contributed by atoms with E-state index in [9.17, 15) is 18.0 Å². The van der Waals surface area contributed by atoms with Gasteiger partial charge < -0.3 is 14.3 Å². The molecule has 0 bridgehead atoms. The van der Waals surface area contributed by atoms with E-state index in [0.717, 1.165) is 11.6 Å². The quantitative estimate of drug-likeness (QED) is 0.429. The maximum atomic E-state index is 13.4. The molecule has 170 valence electrons. The molecule has 11 heteroatoms. The Morgan fingerprint density at radius 3 is 2.70 bits per heavy atom. The SMILES string of the molecule is O=C(c1ccno1)N1CCCN(c2ncc(-c3ccsc3)c3nc(C(F)(F)F)ccc23)CC1. The summed E-state index contributed by atoms with van der Waals surface area (Å²) in [4.78, 5) is 24.9. The number of pyridine rings is 2. The largest absolute Gasteiger partial charge is 0.433 e. The van der Waals surface area contributed by atoms with Crippen LogP contribution in [0.2, 0.25) is 0 Å². The smallest absolute Gasteiger partial charge is 0.354 e. The van der Waals surface area contributed by atoms with Crippen LogP contribution in [0.4, 0.5) is 19.0 Å². The fourth-order valence-corrected chi connectivity index (χ4v) is 4.61. The maximum Gasteiger partial charge on any atom is 0.433 e. The van der Waals surface area contributed by atoms with Gasteiger partial charge in [0.25, 0.3) is 5.91 Å². The molecule has 5 rings (SSSR count). The van der Waals surface area contributed by atoms with E-state index >= 15 is 0 Å². The summed E-state index contributed by atoms with van der Waals surface area (Å²) in [5.41, 5.74) is 0.643. The fourth-order valence-electron chi connectivity index (χ4n) is 3.95. The van der Waals surface area contributed by atoms with Gasteiger partial charge in [-0.3, -0.25) is 4.79 Å². The molecular weight excluding hydrogens is 455 g/mol. The Hall–Kier alpha value is -3.47. The number of carbonyl (C=O) groups is 1. The Balaban J connectivity index is 1.50. The number of fused-ring (bicyclic) bond motifs is 1. The average molecular weight is 473 g/mol. The summed E-state index contributed by atoms with van der Waals surface area (Å²) in [6.45, 7) is 2.02. The molecule has 1 aliphatic rings. The van der Waals surface area contributed by atoms with Crippen LogP contribution in [-0.4, -0.2) is 52.1 Å². The molecule has 1 amide bonds. The van der Waals surface area contributed by atoms with E-state index in [4.69, 9.17) is 4.52 Å². The Bertz CT molecular complexity index is 1280. The number of thiophene rings is 1. The summed E-state index contributed by atoms with van der Waals surface area (Å²) in [7, 11) is 0. The summed E-state index contributed by atoms with van der Waals surface area (Å²) in [6.07, 6.45) is -0.878. The topological polar surface area (TPSA) is 75.4 Å². The first-order chi connectivity index (χ1) is 15.9. The molecule has 0 unspecified atom stereocenters. The molecule has 0 saturated carbocycles. The van der Waals surface area contributed by atoms with E-state index in [0.29, 0.717) is 49.4 Å². The van der Waals surface area contributed by atoms with E-state index in [1.54, 1.807) is 11.1 Å². The van der Waals surface area contributed by atoms with Crippen molar-refractivity contribution < 1.29 is 22.5 Å². The number of amides is 1. The van der Waals surface area contributed by atoms with Gasteiger partial charge in [0.1, 0.15) is 11.5 Å². The Kier molecular flexibility index (Phi) is 5.49. The minimum atomic E-state index is -4.55. The van der Waals surface area contributed by atoms with Gasteiger partial charge in [0.15, 0.2) is 0 Å². The first-order valence-electron chi connectivity index (χ1n) is 10.3. The van der Waals surface area contributed by atoms with E-state index in [2.05, 4.69) is 15.1 Å². The number of anilines is 1. The van der Waals surface area contributed by atoms with Crippen molar-refractivity contribution in [2.75, 3.05) is 31.1 Å². The van der Waals surface area contributed by atoms with Gasteiger partial charge in [-0.15, -0.1) is 0 Å². The van der Waals surface area contributed by atoms with Gasteiger partial charge in [-0.2, -0.15) is 24.5 Å². The number of nitrogens with zero attached hydrogens (tertiary/aromatic N) is 5. The second-order valence-corrected chi connectivity index (χ2v) is 8.39.